The van der Waals surface area contributed by atoms with E-state index in [1.165, 1.54) is 41.0 Å². The molecule has 0 saturated carbocycles. The zero-order valence-corrected chi connectivity index (χ0v) is 42.1. The second-order valence-electron chi connectivity index (χ2n) is 15.3. The van der Waals surface area contributed by atoms with Gasteiger partial charge in [-0.3, -0.25) is 34.4 Å². The highest BCUT2D eigenvalue weighted by Gasteiger charge is 2.24. The summed E-state index contributed by atoms with van der Waals surface area (Å²) in [6, 6.07) is 26.8. The van der Waals surface area contributed by atoms with Gasteiger partial charge in [0.2, 0.25) is 28.6 Å². The van der Waals surface area contributed by atoms with Crippen molar-refractivity contribution in [2.75, 3.05) is 18.4 Å². The number of aryl methyl sites for hydroxylation is 1. The van der Waals surface area contributed by atoms with Crippen molar-refractivity contribution in [3.8, 4) is 34.4 Å². The fourth-order valence-electron chi connectivity index (χ4n) is 6.53. The van der Waals surface area contributed by atoms with Crippen LogP contribution in [0, 0.1) is 17.0 Å². The molecule has 0 aliphatic carbocycles. The first-order valence-corrected chi connectivity index (χ1v) is 23.8. The summed E-state index contributed by atoms with van der Waals surface area (Å²) in [7, 11) is 0. The number of unbranched alkanes of at least 4 members (excludes halogenated alkanes) is 2. The molecule has 8 aromatic rings. The molecule has 0 atom stereocenters. The third-order valence-corrected chi connectivity index (χ3v) is 11.3. The number of halogens is 5. The number of rotatable bonds is 19. The number of nitrogens with two attached hydrogens (primary N) is 2. The van der Waals surface area contributed by atoms with Crippen molar-refractivity contribution >= 4 is 72.2 Å². The standard InChI is InChI=1S/C22H20BrFN8O4.C16H16BrFN6O3.C8H7ClO/c23-15-12-14(7-8-16(15)24)32-20(31-35-22(32)34)18-19(30-36-29-18)26-9-4-10-27-21(25)28-17(33)11-13-5-2-1-3-6-13;17-10-8-9(6-7-11(10)18)24-15(23-26-16(24)25)14-12(21-27-22-14)4-2-1-3-5-13(19)20;9-8(10)6-7-4-2-1-3-5-7/h1-3,5-8,12H,4,9-11H2,(H,26,30)(H3,25,27,28,33);6-8H,1-5H2,(H3,19,20);1-5H,6H2. The van der Waals surface area contributed by atoms with E-state index in [1.54, 1.807) is 0 Å². The lowest BCUT2D eigenvalue weighted by atomic mass is 10.1. The topological polar surface area (TPSA) is 320 Å². The van der Waals surface area contributed by atoms with E-state index in [1.807, 2.05) is 60.7 Å². The molecule has 0 fully saturated rings. The Balaban J connectivity index is 0.000000205. The van der Waals surface area contributed by atoms with Crippen LogP contribution in [-0.4, -0.2) is 76.1 Å². The van der Waals surface area contributed by atoms with Gasteiger partial charge in [-0.25, -0.2) is 36.8 Å². The van der Waals surface area contributed by atoms with E-state index < -0.39 is 23.1 Å². The van der Waals surface area contributed by atoms with Gasteiger partial charge in [-0.1, -0.05) is 82.6 Å². The minimum absolute atomic E-state index is 0.0191. The molecule has 7 N–H and O–H groups in total. The van der Waals surface area contributed by atoms with Crippen LogP contribution in [-0.2, 0) is 28.9 Å². The van der Waals surface area contributed by atoms with Crippen LogP contribution in [0.3, 0.4) is 0 Å². The Labute approximate surface area is 433 Å². The smallest absolute Gasteiger partial charge is 0.388 e. The molecular formula is C46H43Br2ClF2N14O8. The van der Waals surface area contributed by atoms with Gasteiger partial charge in [0, 0.05) is 25.9 Å². The molecule has 0 radical (unpaired) electrons. The lowest BCUT2D eigenvalue weighted by Gasteiger charge is -2.06. The van der Waals surface area contributed by atoms with Gasteiger partial charge in [0.25, 0.3) is 0 Å². The van der Waals surface area contributed by atoms with Crippen LogP contribution in [0.5, 0.6) is 0 Å². The number of nitrogens with zero attached hydrogens (tertiary/aromatic N) is 9. The first kappa shape index (κ1) is 54.4. The van der Waals surface area contributed by atoms with Gasteiger partial charge in [-0.05, 0) is 132 Å². The molecule has 380 valence electrons. The Kier molecular flexibility index (Phi) is 20.1. The van der Waals surface area contributed by atoms with Crippen molar-refractivity contribution < 1.29 is 36.7 Å². The van der Waals surface area contributed by atoms with Crippen molar-refractivity contribution in [1.82, 2.24) is 45.4 Å². The molecular weight excluding hydrogens is 1110 g/mol. The number of aromatic nitrogens is 8. The number of amides is 1. The van der Waals surface area contributed by atoms with Crippen LogP contribution in [0.2, 0.25) is 0 Å². The summed E-state index contributed by atoms with van der Waals surface area (Å²) in [6.45, 7) is 0.712. The van der Waals surface area contributed by atoms with Gasteiger partial charge in [0.15, 0.2) is 17.3 Å². The largest absolute Gasteiger partial charge is 0.446 e. The zero-order valence-electron chi connectivity index (χ0n) is 38.1. The molecule has 0 aliphatic heterocycles. The van der Waals surface area contributed by atoms with E-state index in [0.29, 0.717) is 55.8 Å². The van der Waals surface area contributed by atoms with Crippen molar-refractivity contribution in [2.45, 2.75) is 51.4 Å². The van der Waals surface area contributed by atoms with Crippen molar-refractivity contribution in [3.63, 3.8) is 0 Å². The summed E-state index contributed by atoms with van der Waals surface area (Å²) in [4.78, 5) is 50.9. The molecule has 4 aromatic heterocycles. The average molecular weight is 1150 g/mol. The number of hydrogen-bond donors (Lipinski definition) is 5. The predicted molar refractivity (Wildman–Crippen MR) is 269 cm³/mol. The van der Waals surface area contributed by atoms with Gasteiger partial charge in [-0.15, -0.1) is 0 Å². The molecule has 27 heteroatoms. The number of carbonyl (C=O) groups excluding carboxylic acids is 2. The molecule has 22 nitrogen and oxygen atoms in total. The molecule has 0 bridgehead atoms. The number of carbonyl (C=O) groups is 2. The summed E-state index contributed by atoms with van der Waals surface area (Å²) < 4.78 is 48.9. The molecule has 0 unspecified atom stereocenters. The second kappa shape index (κ2) is 27.0. The minimum Gasteiger partial charge on any atom is -0.388 e. The van der Waals surface area contributed by atoms with E-state index in [-0.39, 0.29) is 67.2 Å². The van der Waals surface area contributed by atoms with Crippen LogP contribution in [0.4, 0.5) is 14.6 Å². The third kappa shape index (κ3) is 16.0. The highest BCUT2D eigenvalue weighted by molar-refractivity contribution is 9.10. The predicted octanol–water partition coefficient (Wildman–Crippen LogP) is 7.06. The van der Waals surface area contributed by atoms with Crippen LogP contribution in [0.1, 0.15) is 48.9 Å². The average Bonchev–Trinajstić information content (AvgIpc) is 4.19. The number of aliphatic imine (C=N–C) groups is 1. The van der Waals surface area contributed by atoms with E-state index in [0.717, 1.165) is 35.0 Å². The first-order chi connectivity index (χ1) is 35.2. The minimum atomic E-state index is -0.795. The normalized spacial score (nSPS) is 11.0. The van der Waals surface area contributed by atoms with E-state index in [2.05, 4.69) is 78.4 Å². The highest BCUT2D eigenvalue weighted by Crippen LogP contribution is 2.27. The van der Waals surface area contributed by atoms with Crippen LogP contribution < -0.4 is 33.6 Å². The maximum atomic E-state index is 13.6. The monoisotopic (exact) mass is 1150 g/mol. The van der Waals surface area contributed by atoms with E-state index >= 15 is 0 Å². The fourth-order valence-corrected chi connectivity index (χ4v) is 7.42. The Morgan fingerprint density at radius 1 is 0.699 bits per heavy atom. The molecule has 0 aliphatic rings. The Morgan fingerprint density at radius 2 is 1.25 bits per heavy atom. The second-order valence-corrected chi connectivity index (χ2v) is 17.4. The molecule has 8 rings (SSSR count). The van der Waals surface area contributed by atoms with Gasteiger partial charge >= 0.3 is 11.5 Å². The Morgan fingerprint density at radius 3 is 1.81 bits per heavy atom. The number of guanidine groups is 1. The molecule has 0 spiro atoms. The van der Waals surface area contributed by atoms with Crippen molar-refractivity contribution in [2.24, 2.45) is 16.5 Å². The molecule has 4 heterocycles. The summed E-state index contributed by atoms with van der Waals surface area (Å²) in [5.41, 5.74) is 14.5. The van der Waals surface area contributed by atoms with Gasteiger partial charge in [0.1, 0.15) is 17.3 Å². The molecule has 4 aromatic carbocycles. The highest BCUT2D eigenvalue weighted by atomic mass is 79.9. The summed E-state index contributed by atoms with van der Waals surface area (Å²) in [5.74, 6) is -2.20. The maximum Gasteiger partial charge on any atom is 0.446 e. The molecule has 73 heavy (non-hydrogen) atoms. The number of hydrogen-bond acceptors (Lipinski definition) is 17. The van der Waals surface area contributed by atoms with E-state index in [9.17, 15) is 28.0 Å². The van der Waals surface area contributed by atoms with Gasteiger partial charge < -0.3 is 16.8 Å². The number of amidine groups is 1. The van der Waals surface area contributed by atoms with Crippen LogP contribution >= 0.6 is 43.5 Å². The molecule has 1 amide bonds. The number of benzene rings is 4. The lowest BCUT2D eigenvalue weighted by Crippen LogP contribution is -2.37. The van der Waals surface area contributed by atoms with Gasteiger partial charge in [0.05, 0.1) is 32.6 Å². The Hall–Kier alpha value is -7.97. The summed E-state index contributed by atoms with van der Waals surface area (Å²) in [5, 5.41) is 35.3. The third-order valence-electron chi connectivity index (χ3n) is 9.93. The van der Waals surface area contributed by atoms with Crippen molar-refractivity contribution in [3.05, 3.63) is 156 Å². The van der Waals surface area contributed by atoms with Gasteiger partial charge in [-0.2, -0.15) is 0 Å². The summed E-state index contributed by atoms with van der Waals surface area (Å²) in [6.07, 6.45) is 4.56. The van der Waals surface area contributed by atoms with E-state index in [4.69, 9.17) is 46.8 Å². The maximum absolute atomic E-state index is 13.6. The Bertz CT molecular complexity index is 3270. The summed E-state index contributed by atoms with van der Waals surface area (Å²) >= 11 is 11.4. The fraction of sp³-hybridized carbons (Fsp3) is 0.217. The van der Waals surface area contributed by atoms with Crippen LogP contribution in [0.25, 0.3) is 34.4 Å². The zero-order chi connectivity index (χ0) is 52.3. The van der Waals surface area contributed by atoms with Crippen molar-refractivity contribution in [1.29, 1.82) is 5.41 Å². The quantitative estimate of drug-likeness (QED) is 0.0234. The SMILES string of the molecule is N=C(N)CCCCCc1nonc1-c1noc(=O)n1-c1ccc(F)c(Br)c1.NC(=NCCCNc1nonc1-c1noc(=O)n1-c1ccc(F)c(Br)c1)NC(=O)Cc1ccccc1.O=C(Cl)Cc1ccccc1. The number of nitrogens with one attached hydrogen (secondary N) is 3. The molecule has 0 saturated heterocycles. The lowest BCUT2D eigenvalue weighted by molar-refractivity contribution is -0.119. The number of anilines is 1. The first-order valence-electron chi connectivity index (χ1n) is 21.8. The van der Waals surface area contributed by atoms with Crippen LogP contribution in [0.15, 0.2) is 139 Å².